The van der Waals surface area contributed by atoms with Crippen LogP contribution in [0, 0.1) is 10.1 Å². The Labute approximate surface area is 186 Å². The number of nitrogen functional groups attached to an aromatic ring is 1. The Bertz CT molecular complexity index is 1390. The number of nitro groups is 1. The van der Waals surface area contributed by atoms with E-state index in [4.69, 9.17) is 5.73 Å². The van der Waals surface area contributed by atoms with E-state index in [1.54, 1.807) is 0 Å². The van der Waals surface area contributed by atoms with Crippen LogP contribution in [0.5, 0.6) is 0 Å². The molecular weight excluding hydrogens is 470 g/mol. The van der Waals surface area contributed by atoms with Crippen molar-refractivity contribution in [1.82, 2.24) is 19.6 Å². The molecule has 2 N–H and O–H groups in total. The molecular formula is C20H12F6N6O2. The van der Waals surface area contributed by atoms with E-state index in [2.05, 4.69) is 10.2 Å². The summed E-state index contributed by atoms with van der Waals surface area (Å²) in [6.07, 6.45) is -7.75. The highest BCUT2D eigenvalue weighted by molar-refractivity contribution is 5.76. The molecule has 4 aromatic rings. The lowest BCUT2D eigenvalue weighted by Crippen LogP contribution is -2.11. The molecule has 14 heteroatoms. The minimum atomic E-state index is -4.78. The van der Waals surface area contributed by atoms with Gasteiger partial charge in [-0.15, -0.1) is 0 Å². The molecule has 2 aromatic carbocycles. The van der Waals surface area contributed by atoms with E-state index < -0.39 is 51.2 Å². The highest BCUT2D eigenvalue weighted by Gasteiger charge is 2.36. The van der Waals surface area contributed by atoms with E-state index in [0.717, 1.165) is 47.4 Å². The highest BCUT2D eigenvalue weighted by Crippen LogP contribution is 2.38. The van der Waals surface area contributed by atoms with Gasteiger partial charge in [-0.25, -0.2) is 9.36 Å². The first kappa shape index (κ1) is 22.8. The van der Waals surface area contributed by atoms with Gasteiger partial charge in [0.2, 0.25) is 0 Å². The molecule has 0 spiro atoms. The van der Waals surface area contributed by atoms with E-state index >= 15 is 0 Å². The number of hydrogen-bond donors (Lipinski definition) is 1. The minimum absolute atomic E-state index is 0.269. The highest BCUT2D eigenvalue weighted by atomic mass is 19.4. The topological polar surface area (TPSA) is 105 Å². The molecule has 176 valence electrons. The summed E-state index contributed by atoms with van der Waals surface area (Å²) in [5.41, 5.74) is 0.943. The first-order chi connectivity index (χ1) is 15.9. The van der Waals surface area contributed by atoms with Gasteiger partial charge in [0.15, 0.2) is 5.69 Å². The van der Waals surface area contributed by atoms with E-state index in [-0.39, 0.29) is 11.4 Å². The molecule has 0 aliphatic carbocycles. The SMILES string of the molecule is Nc1cn(-c2ccccc2C(F)(F)F)nc1-c1nn(-c2ccccc2C(F)(F)F)cc1[N+](=O)[O-]. The third-order valence-corrected chi connectivity index (χ3v) is 4.77. The average Bonchev–Trinajstić information content (AvgIpc) is 3.36. The number of anilines is 1. The van der Waals surface area contributed by atoms with Crippen LogP contribution in [-0.2, 0) is 12.4 Å². The Morgan fingerprint density at radius 1 is 0.765 bits per heavy atom. The molecule has 0 unspecified atom stereocenters. The summed E-state index contributed by atoms with van der Waals surface area (Å²) < 4.78 is 81.8. The second-order valence-corrected chi connectivity index (χ2v) is 6.97. The summed E-state index contributed by atoms with van der Waals surface area (Å²) in [4.78, 5) is 10.7. The van der Waals surface area contributed by atoms with Crippen LogP contribution in [0.1, 0.15) is 11.1 Å². The smallest absolute Gasteiger partial charge is 0.396 e. The number of nitrogens with two attached hydrogens (primary N) is 1. The third-order valence-electron chi connectivity index (χ3n) is 4.77. The van der Waals surface area contributed by atoms with Crippen LogP contribution >= 0.6 is 0 Å². The molecule has 0 fully saturated rings. The summed E-state index contributed by atoms with van der Waals surface area (Å²) >= 11 is 0. The number of benzene rings is 2. The number of rotatable bonds is 4. The van der Waals surface area contributed by atoms with Gasteiger partial charge in [0.25, 0.3) is 0 Å². The van der Waals surface area contributed by atoms with Crippen molar-refractivity contribution in [3.05, 3.63) is 82.2 Å². The van der Waals surface area contributed by atoms with Crippen molar-refractivity contribution < 1.29 is 31.3 Å². The first-order valence-electron chi connectivity index (χ1n) is 9.30. The van der Waals surface area contributed by atoms with Crippen LogP contribution in [0.3, 0.4) is 0 Å². The standard InChI is InChI=1S/C20H12F6N6O2/c21-19(22,23)11-5-1-3-7-14(11)30-9-13(27)17(28-30)18-16(32(33)34)10-31(29-18)15-8-4-2-6-12(15)20(24,25)26/h1-10H,27H2. The summed E-state index contributed by atoms with van der Waals surface area (Å²) in [5.74, 6) is 0. The van der Waals surface area contributed by atoms with Gasteiger partial charge >= 0.3 is 18.0 Å². The van der Waals surface area contributed by atoms with E-state index in [9.17, 15) is 36.5 Å². The molecule has 0 saturated heterocycles. The van der Waals surface area contributed by atoms with E-state index in [1.165, 1.54) is 18.2 Å². The Hall–Kier alpha value is -4.36. The molecule has 2 aromatic heterocycles. The molecule has 0 saturated carbocycles. The second kappa shape index (κ2) is 7.90. The molecule has 0 atom stereocenters. The fraction of sp³-hybridized carbons (Fsp3) is 0.100. The number of halogens is 6. The quantitative estimate of drug-likeness (QED) is 0.243. The molecule has 0 radical (unpaired) electrons. The maximum atomic E-state index is 13.4. The lowest BCUT2D eigenvalue weighted by atomic mass is 10.2. The zero-order valence-corrected chi connectivity index (χ0v) is 16.7. The van der Waals surface area contributed by atoms with Crippen molar-refractivity contribution in [2.75, 3.05) is 5.73 Å². The van der Waals surface area contributed by atoms with Crippen LogP contribution in [0.2, 0.25) is 0 Å². The lowest BCUT2D eigenvalue weighted by Gasteiger charge is -2.12. The molecule has 0 aliphatic heterocycles. The predicted octanol–water partition coefficient (Wildman–Crippen LogP) is 5.25. The zero-order chi connectivity index (χ0) is 24.8. The molecule has 0 amide bonds. The number of nitrogens with zero attached hydrogens (tertiary/aromatic N) is 5. The summed E-state index contributed by atoms with van der Waals surface area (Å²) in [7, 11) is 0. The summed E-state index contributed by atoms with van der Waals surface area (Å²) in [6.45, 7) is 0. The number of para-hydroxylation sites is 2. The average molecular weight is 482 g/mol. The molecule has 2 heterocycles. The van der Waals surface area contributed by atoms with Crippen LogP contribution < -0.4 is 5.73 Å². The van der Waals surface area contributed by atoms with Gasteiger partial charge in [-0.2, -0.15) is 36.5 Å². The molecule has 0 aliphatic rings. The van der Waals surface area contributed by atoms with Crippen molar-refractivity contribution in [2.24, 2.45) is 0 Å². The van der Waals surface area contributed by atoms with Crippen molar-refractivity contribution in [2.45, 2.75) is 12.4 Å². The maximum absolute atomic E-state index is 13.4. The summed E-state index contributed by atoms with van der Waals surface area (Å²) in [5, 5.41) is 19.4. The van der Waals surface area contributed by atoms with Crippen molar-refractivity contribution in [3.63, 3.8) is 0 Å². The third kappa shape index (κ3) is 4.04. The zero-order valence-electron chi connectivity index (χ0n) is 16.7. The predicted molar refractivity (Wildman–Crippen MR) is 107 cm³/mol. The maximum Gasteiger partial charge on any atom is 0.418 e. The van der Waals surface area contributed by atoms with Crippen molar-refractivity contribution in [3.8, 4) is 22.8 Å². The molecule has 0 bridgehead atoms. The fourth-order valence-corrected chi connectivity index (χ4v) is 3.31. The van der Waals surface area contributed by atoms with Crippen LogP contribution in [-0.4, -0.2) is 24.5 Å². The minimum Gasteiger partial charge on any atom is -0.396 e. The summed E-state index contributed by atoms with van der Waals surface area (Å²) in [6, 6.07) is 8.70. The first-order valence-corrected chi connectivity index (χ1v) is 9.30. The Morgan fingerprint density at radius 2 is 1.21 bits per heavy atom. The van der Waals surface area contributed by atoms with E-state index in [0.29, 0.717) is 4.68 Å². The monoisotopic (exact) mass is 482 g/mol. The lowest BCUT2D eigenvalue weighted by molar-refractivity contribution is -0.384. The molecule has 4 rings (SSSR count). The fourth-order valence-electron chi connectivity index (χ4n) is 3.31. The van der Waals surface area contributed by atoms with Crippen LogP contribution in [0.25, 0.3) is 22.8 Å². The Balaban J connectivity index is 1.88. The van der Waals surface area contributed by atoms with Gasteiger partial charge in [-0.3, -0.25) is 10.1 Å². The molecule has 8 nitrogen and oxygen atoms in total. The Kier molecular flexibility index (Phi) is 5.30. The van der Waals surface area contributed by atoms with Gasteiger partial charge in [0.1, 0.15) is 11.9 Å². The Morgan fingerprint density at radius 3 is 1.68 bits per heavy atom. The van der Waals surface area contributed by atoms with Gasteiger partial charge in [0.05, 0.1) is 39.3 Å². The number of aromatic nitrogens is 4. The van der Waals surface area contributed by atoms with Gasteiger partial charge in [0, 0.05) is 0 Å². The van der Waals surface area contributed by atoms with Crippen LogP contribution in [0.4, 0.5) is 37.7 Å². The van der Waals surface area contributed by atoms with Crippen molar-refractivity contribution in [1.29, 1.82) is 0 Å². The van der Waals surface area contributed by atoms with E-state index in [1.807, 2.05) is 0 Å². The van der Waals surface area contributed by atoms with Gasteiger partial charge in [-0.05, 0) is 24.3 Å². The normalized spacial score (nSPS) is 12.2. The second-order valence-electron chi connectivity index (χ2n) is 6.97. The van der Waals surface area contributed by atoms with Crippen LogP contribution in [0.15, 0.2) is 60.9 Å². The number of hydrogen-bond acceptors (Lipinski definition) is 5. The van der Waals surface area contributed by atoms with Crippen molar-refractivity contribution >= 4 is 11.4 Å². The number of alkyl halides is 6. The van der Waals surface area contributed by atoms with Gasteiger partial charge < -0.3 is 5.73 Å². The largest absolute Gasteiger partial charge is 0.418 e. The molecule has 34 heavy (non-hydrogen) atoms. The van der Waals surface area contributed by atoms with Gasteiger partial charge in [-0.1, -0.05) is 24.3 Å².